The van der Waals surface area contributed by atoms with Crippen LogP contribution in [0.5, 0.6) is 0 Å². The van der Waals surface area contributed by atoms with Gasteiger partial charge in [-0.1, -0.05) is 24.4 Å². The summed E-state index contributed by atoms with van der Waals surface area (Å²) in [5.41, 5.74) is 0.541. The number of carbonyl (C=O) groups excluding carboxylic acids is 1. The van der Waals surface area contributed by atoms with E-state index < -0.39 is 0 Å². The van der Waals surface area contributed by atoms with Crippen LogP contribution in [0, 0.1) is 0 Å². The molecule has 0 unspecified atom stereocenters. The predicted octanol–water partition coefficient (Wildman–Crippen LogP) is 3.44. The molecular formula is C15H20ClNO2S. The van der Waals surface area contributed by atoms with Gasteiger partial charge in [-0.2, -0.15) is 0 Å². The number of hydrogen-bond donors (Lipinski definition) is 1. The predicted molar refractivity (Wildman–Crippen MR) is 83.6 cm³/mol. The van der Waals surface area contributed by atoms with Gasteiger partial charge in [0.05, 0.1) is 17.2 Å². The summed E-state index contributed by atoms with van der Waals surface area (Å²) < 4.78 is 0. The van der Waals surface area contributed by atoms with Crippen LogP contribution in [0.15, 0.2) is 23.1 Å². The van der Waals surface area contributed by atoms with Crippen LogP contribution < -0.4 is 0 Å². The lowest BCUT2D eigenvalue weighted by Crippen LogP contribution is -2.40. The van der Waals surface area contributed by atoms with Gasteiger partial charge in [-0.15, -0.1) is 11.8 Å². The molecule has 1 aliphatic rings. The zero-order valence-corrected chi connectivity index (χ0v) is 13.2. The maximum atomic E-state index is 12.7. The minimum absolute atomic E-state index is 0.0118. The Labute approximate surface area is 129 Å². The number of hydrogen-bond acceptors (Lipinski definition) is 3. The Bertz CT molecular complexity index is 475. The number of benzene rings is 1. The molecule has 0 aliphatic heterocycles. The fraction of sp³-hybridized carbons (Fsp3) is 0.533. The minimum atomic E-state index is -0.0631. The first-order valence-corrected chi connectivity index (χ1v) is 8.53. The second-order valence-corrected chi connectivity index (χ2v) is 6.29. The lowest BCUT2D eigenvalue weighted by molar-refractivity contribution is 0.0638. The molecular weight excluding hydrogens is 294 g/mol. The van der Waals surface area contributed by atoms with Crippen molar-refractivity contribution >= 4 is 29.3 Å². The molecule has 1 amide bonds. The molecule has 1 aromatic carbocycles. The first kappa shape index (κ1) is 15.7. The van der Waals surface area contributed by atoms with Gasteiger partial charge in [0.15, 0.2) is 0 Å². The third-order valence-corrected chi connectivity index (χ3v) is 4.83. The summed E-state index contributed by atoms with van der Waals surface area (Å²) >= 11 is 7.77. The van der Waals surface area contributed by atoms with Crippen molar-refractivity contribution in [2.75, 3.05) is 19.4 Å². The van der Waals surface area contributed by atoms with Gasteiger partial charge in [0, 0.05) is 17.5 Å². The van der Waals surface area contributed by atoms with Crippen molar-refractivity contribution in [3.63, 3.8) is 0 Å². The number of halogens is 1. The van der Waals surface area contributed by atoms with Crippen LogP contribution in [0.4, 0.5) is 0 Å². The molecule has 1 N–H and O–H groups in total. The molecule has 20 heavy (non-hydrogen) atoms. The van der Waals surface area contributed by atoms with E-state index >= 15 is 0 Å². The molecule has 110 valence electrons. The van der Waals surface area contributed by atoms with E-state index in [2.05, 4.69) is 0 Å². The van der Waals surface area contributed by atoms with E-state index in [1.54, 1.807) is 22.7 Å². The summed E-state index contributed by atoms with van der Waals surface area (Å²) in [5, 5.41) is 9.71. The monoisotopic (exact) mass is 313 g/mol. The largest absolute Gasteiger partial charge is 0.395 e. The molecule has 0 aromatic heterocycles. The Morgan fingerprint density at radius 2 is 2.15 bits per heavy atom. The first-order chi connectivity index (χ1) is 9.67. The topological polar surface area (TPSA) is 40.5 Å². The van der Waals surface area contributed by atoms with Crippen LogP contribution >= 0.6 is 23.4 Å². The van der Waals surface area contributed by atoms with Crippen molar-refractivity contribution in [3.05, 3.63) is 28.8 Å². The molecule has 0 heterocycles. The molecule has 0 radical (unpaired) electrons. The second kappa shape index (κ2) is 7.34. The summed E-state index contributed by atoms with van der Waals surface area (Å²) in [6, 6.07) is 5.76. The lowest BCUT2D eigenvalue weighted by atomic mass is 10.1. The summed E-state index contributed by atoms with van der Waals surface area (Å²) in [4.78, 5) is 15.5. The number of amides is 1. The number of nitrogens with zero attached hydrogens (tertiary/aromatic N) is 1. The van der Waals surface area contributed by atoms with Gasteiger partial charge in [-0.25, -0.2) is 0 Å². The van der Waals surface area contributed by atoms with Crippen LogP contribution in [-0.2, 0) is 0 Å². The van der Waals surface area contributed by atoms with Crippen molar-refractivity contribution in [2.45, 2.75) is 36.6 Å². The Hall–Kier alpha value is -0.710. The van der Waals surface area contributed by atoms with E-state index in [1.165, 1.54) is 0 Å². The van der Waals surface area contributed by atoms with Crippen LogP contribution in [0.3, 0.4) is 0 Å². The van der Waals surface area contributed by atoms with Crippen LogP contribution in [-0.4, -0.2) is 41.4 Å². The molecule has 5 heteroatoms. The summed E-state index contributed by atoms with van der Waals surface area (Å²) in [6.07, 6.45) is 6.31. The smallest absolute Gasteiger partial charge is 0.255 e. The first-order valence-electron chi connectivity index (χ1n) is 6.92. The van der Waals surface area contributed by atoms with Gasteiger partial charge >= 0.3 is 0 Å². The maximum absolute atomic E-state index is 12.7. The second-order valence-electron chi connectivity index (χ2n) is 5.01. The molecule has 1 aromatic rings. The molecule has 2 rings (SSSR count). The van der Waals surface area contributed by atoms with E-state index in [0.29, 0.717) is 17.1 Å². The third kappa shape index (κ3) is 3.48. The number of thioether (sulfide) groups is 1. The van der Waals surface area contributed by atoms with Crippen LogP contribution in [0.2, 0.25) is 5.02 Å². The summed E-state index contributed by atoms with van der Waals surface area (Å²) in [7, 11) is 0. The number of rotatable bonds is 5. The maximum Gasteiger partial charge on any atom is 0.255 e. The van der Waals surface area contributed by atoms with E-state index in [1.807, 2.05) is 18.4 Å². The number of aliphatic hydroxyl groups excluding tert-OH is 1. The average Bonchev–Trinajstić information content (AvgIpc) is 2.98. The Kier molecular flexibility index (Phi) is 5.75. The summed E-state index contributed by atoms with van der Waals surface area (Å²) in [6.45, 7) is 0.366. The van der Waals surface area contributed by atoms with E-state index in [4.69, 9.17) is 11.6 Å². The highest BCUT2D eigenvalue weighted by Crippen LogP contribution is 2.28. The van der Waals surface area contributed by atoms with E-state index in [9.17, 15) is 9.90 Å². The number of aliphatic hydroxyl groups is 1. The van der Waals surface area contributed by atoms with Crippen molar-refractivity contribution in [3.8, 4) is 0 Å². The minimum Gasteiger partial charge on any atom is -0.395 e. The molecule has 0 saturated heterocycles. The third-order valence-electron chi connectivity index (χ3n) is 3.77. The Morgan fingerprint density at radius 1 is 1.45 bits per heavy atom. The van der Waals surface area contributed by atoms with Crippen LogP contribution in [0.1, 0.15) is 36.0 Å². The molecule has 0 spiro atoms. The Morgan fingerprint density at radius 3 is 2.75 bits per heavy atom. The fourth-order valence-electron chi connectivity index (χ4n) is 2.72. The van der Waals surface area contributed by atoms with E-state index in [0.717, 1.165) is 30.6 Å². The molecule has 0 bridgehead atoms. The van der Waals surface area contributed by atoms with Crippen molar-refractivity contribution < 1.29 is 9.90 Å². The fourth-order valence-corrected chi connectivity index (χ4v) is 3.36. The highest BCUT2D eigenvalue weighted by atomic mass is 35.5. The van der Waals surface area contributed by atoms with E-state index in [-0.39, 0.29) is 18.6 Å². The zero-order valence-electron chi connectivity index (χ0n) is 11.6. The summed E-state index contributed by atoms with van der Waals surface area (Å²) in [5.74, 6) is -0.0631. The molecule has 1 saturated carbocycles. The van der Waals surface area contributed by atoms with Gasteiger partial charge in [-0.3, -0.25) is 4.79 Å². The number of carbonyl (C=O) groups is 1. The highest BCUT2D eigenvalue weighted by Gasteiger charge is 2.28. The van der Waals surface area contributed by atoms with Gasteiger partial charge in [0.25, 0.3) is 5.91 Å². The average molecular weight is 314 g/mol. The van der Waals surface area contributed by atoms with Crippen molar-refractivity contribution in [1.82, 2.24) is 4.90 Å². The van der Waals surface area contributed by atoms with Gasteiger partial charge in [0.2, 0.25) is 0 Å². The quantitative estimate of drug-likeness (QED) is 0.847. The van der Waals surface area contributed by atoms with Crippen LogP contribution in [0.25, 0.3) is 0 Å². The normalized spacial score (nSPS) is 15.6. The van der Waals surface area contributed by atoms with Gasteiger partial charge in [-0.05, 0) is 37.3 Å². The van der Waals surface area contributed by atoms with Gasteiger partial charge < -0.3 is 10.0 Å². The molecule has 1 aliphatic carbocycles. The van der Waals surface area contributed by atoms with Crippen molar-refractivity contribution in [1.29, 1.82) is 0 Å². The van der Waals surface area contributed by atoms with Crippen molar-refractivity contribution in [2.24, 2.45) is 0 Å². The SMILES string of the molecule is CSc1ccc(Cl)c(C(=O)N(CCO)C2CCCC2)c1. The molecule has 3 nitrogen and oxygen atoms in total. The molecule has 0 atom stereocenters. The lowest BCUT2D eigenvalue weighted by Gasteiger charge is -2.28. The van der Waals surface area contributed by atoms with Gasteiger partial charge in [0.1, 0.15) is 0 Å². The standard InChI is InChI=1S/C15H20ClNO2S/c1-20-12-6-7-14(16)13(10-12)15(19)17(8-9-18)11-4-2-3-5-11/h6-7,10-11,18H,2-5,8-9H2,1H3. The molecule has 1 fully saturated rings. The highest BCUT2D eigenvalue weighted by molar-refractivity contribution is 7.98. The zero-order chi connectivity index (χ0) is 14.5. The Balaban J connectivity index is 2.26.